The zero-order chi connectivity index (χ0) is 14.4. The maximum Gasteiger partial charge on any atom is 0.336 e. The molecule has 0 unspecified atom stereocenters. The smallest absolute Gasteiger partial charge is 0.336 e. The van der Waals surface area contributed by atoms with Gasteiger partial charge in [0.1, 0.15) is 12.4 Å². The third kappa shape index (κ3) is 4.26. The van der Waals surface area contributed by atoms with Crippen molar-refractivity contribution in [1.29, 1.82) is 0 Å². The standard InChI is InChI=1S/C12H12ClNO5/c1-3-18-12(15)8(2)7-19-11-5-4-9(14(16)17)6-10(11)13/h4-6H,2-3,7H2,1H3. The van der Waals surface area contributed by atoms with Gasteiger partial charge in [0, 0.05) is 12.1 Å². The van der Waals surface area contributed by atoms with Crippen LogP contribution < -0.4 is 4.74 Å². The lowest BCUT2D eigenvalue weighted by atomic mass is 10.3. The van der Waals surface area contributed by atoms with E-state index in [4.69, 9.17) is 21.1 Å². The van der Waals surface area contributed by atoms with Crippen LogP contribution in [-0.4, -0.2) is 24.1 Å². The second kappa shape index (κ2) is 6.75. The molecule has 0 atom stereocenters. The van der Waals surface area contributed by atoms with Gasteiger partial charge in [-0.25, -0.2) is 4.79 Å². The van der Waals surface area contributed by atoms with E-state index in [-0.39, 0.29) is 35.2 Å². The molecule has 6 nitrogen and oxygen atoms in total. The number of hydrogen-bond donors (Lipinski definition) is 0. The van der Waals surface area contributed by atoms with E-state index in [9.17, 15) is 14.9 Å². The summed E-state index contributed by atoms with van der Waals surface area (Å²) in [5.74, 6) is -0.321. The van der Waals surface area contributed by atoms with Gasteiger partial charge in [-0.3, -0.25) is 10.1 Å². The fourth-order valence-corrected chi connectivity index (χ4v) is 1.41. The van der Waals surface area contributed by atoms with Crippen LogP contribution in [0.1, 0.15) is 6.92 Å². The first-order valence-electron chi connectivity index (χ1n) is 5.37. The highest BCUT2D eigenvalue weighted by molar-refractivity contribution is 6.32. The van der Waals surface area contributed by atoms with Crippen LogP contribution in [0.25, 0.3) is 0 Å². The Morgan fingerprint density at radius 2 is 2.21 bits per heavy atom. The monoisotopic (exact) mass is 285 g/mol. The molecule has 0 saturated heterocycles. The maximum absolute atomic E-state index is 11.3. The minimum absolute atomic E-state index is 0.0888. The van der Waals surface area contributed by atoms with E-state index in [1.165, 1.54) is 18.2 Å². The van der Waals surface area contributed by atoms with Crippen LogP contribution in [0.5, 0.6) is 5.75 Å². The van der Waals surface area contributed by atoms with E-state index in [2.05, 4.69) is 6.58 Å². The van der Waals surface area contributed by atoms with Gasteiger partial charge in [-0.05, 0) is 13.0 Å². The number of ether oxygens (including phenoxy) is 2. The average molecular weight is 286 g/mol. The molecule has 0 aliphatic rings. The van der Waals surface area contributed by atoms with Gasteiger partial charge >= 0.3 is 5.97 Å². The molecule has 19 heavy (non-hydrogen) atoms. The van der Waals surface area contributed by atoms with E-state index in [0.717, 1.165) is 0 Å². The van der Waals surface area contributed by atoms with Crippen molar-refractivity contribution in [2.75, 3.05) is 13.2 Å². The molecular formula is C12H12ClNO5. The van der Waals surface area contributed by atoms with Gasteiger partial charge in [-0.2, -0.15) is 0 Å². The predicted octanol–water partition coefficient (Wildman–Crippen LogP) is 2.75. The van der Waals surface area contributed by atoms with Crippen LogP contribution in [0, 0.1) is 10.1 Å². The van der Waals surface area contributed by atoms with Gasteiger partial charge < -0.3 is 9.47 Å². The Bertz CT molecular complexity index is 515. The summed E-state index contributed by atoms with van der Waals surface area (Å²) in [4.78, 5) is 21.2. The predicted molar refractivity (Wildman–Crippen MR) is 69.4 cm³/mol. The molecule has 0 aliphatic heterocycles. The lowest BCUT2D eigenvalue weighted by Crippen LogP contribution is -2.13. The minimum Gasteiger partial charge on any atom is -0.487 e. The number of benzene rings is 1. The van der Waals surface area contributed by atoms with E-state index < -0.39 is 10.9 Å². The first-order valence-corrected chi connectivity index (χ1v) is 5.75. The van der Waals surface area contributed by atoms with Crippen molar-refractivity contribution in [2.24, 2.45) is 0 Å². The number of carbonyl (C=O) groups excluding carboxylic acids is 1. The van der Waals surface area contributed by atoms with E-state index >= 15 is 0 Å². The first-order chi connectivity index (χ1) is 8.95. The molecule has 0 bridgehead atoms. The van der Waals surface area contributed by atoms with Crippen molar-refractivity contribution in [1.82, 2.24) is 0 Å². The molecule has 0 saturated carbocycles. The number of nitrogens with zero attached hydrogens (tertiary/aromatic N) is 1. The molecule has 1 aromatic carbocycles. The van der Waals surface area contributed by atoms with Crippen LogP contribution in [0.4, 0.5) is 5.69 Å². The summed E-state index contributed by atoms with van der Waals surface area (Å²) in [7, 11) is 0. The Labute approximate surface area is 114 Å². The molecule has 0 amide bonds. The zero-order valence-corrected chi connectivity index (χ0v) is 11.0. The number of hydrogen-bond acceptors (Lipinski definition) is 5. The van der Waals surface area contributed by atoms with Crippen LogP contribution >= 0.6 is 11.6 Å². The van der Waals surface area contributed by atoms with Crippen molar-refractivity contribution < 1.29 is 19.2 Å². The summed E-state index contributed by atoms with van der Waals surface area (Å²) < 4.78 is 9.98. The molecule has 1 rings (SSSR count). The lowest BCUT2D eigenvalue weighted by molar-refractivity contribution is -0.384. The molecule has 0 spiro atoms. The molecule has 0 heterocycles. The summed E-state index contributed by atoms with van der Waals surface area (Å²) >= 11 is 5.82. The van der Waals surface area contributed by atoms with Crippen molar-refractivity contribution in [3.05, 3.63) is 45.5 Å². The normalized spacial score (nSPS) is 9.79. The van der Waals surface area contributed by atoms with Gasteiger partial charge in [0.15, 0.2) is 0 Å². The highest BCUT2D eigenvalue weighted by Gasteiger charge is 2.12. The Balaban J connectivity index is 2.66. The van der Waals surface area contributed by atoms with Crippen molar-refractivity contribution >= 4 is 23.3 Å². The molecule has 0 radical (unpaired) electrons. The quantitative estimate of drug-likeness (QED) is 0.347. The average Bonchev–Trinajstić information content (AvgIpc) is 2.36. The molecule has 0 N–H and O–H groups in total. The molecule has 0 aliphatic carbocycles. The van der Waals surface area contributed by atoms with Crippen LogP contribution in [0.2, 0.25) is 5.02 Å². The number of nitro groups is 1. The van der Waals surface area contributed by atoms with Gasteiger partial charge in [-0.15, -0.1) is 0 Å². The van der Waals surface area contributed by atoms with Crippen LogP contribution in [0.3, 0.4) is 0 Å². The van der Waals surface area contributed by atoms with Gasteiger partial charge in [0.2, 0.25) is 0 Å². The largest absolute Gasteiger partial charge is 0.487 e. The second-order valence-corrected chi connectivity index (χ2v) is 3.89. The zero-order valence-electron chi connectivity index (χ0n) is 10.2. The van der Waals surface area contributed by atoms with E-state index in [1.807, 2.05) is 0 Å². The molecule has 0 aromatic heterocycles. The Kier molecular flexibility index (Phi) is 5.32. The van der Waals surface area contributed by atoms with Gasteiger partial charge in [-0.1, -0.05) is 18.2 Å². The minimum atomic E-state index is -0.562. The number of halogens is 1. The number of nitro benzene ring substituents is 1. The topological polar surface area (TPSA) is 78.7 Å². The summed E-state index contributed by atoms with van der Waals surface area (Å²) in [6.07, 6.45) is 0. The highest BCUT2D eigenvalue weighted by Crippen LogP contribution is 2.28. The third-order valence-electron chi connectivity index (χ3n) is 2.09. The Morgan fingerprint density at radius 1 is 1.53 bits per heavy atom. The summed E-state index contributed by atoms with van der Waals surface area (Å²) in [6.45, 7) is 5.34. The van der Waals surface area contributed by atoms with Crippen molar-refractivity contribution in [3.8, 4) is 5.75 Å². The maximum atomic E-state index is 11.3. The van der Waals surface area contributed by atoms with Crippen molar-refractivity contribution in [2.45, 2.75) is 6.92 Å². The SMILES string of the molecule is C=C(COc1ccc([N+](=O)[O-])cc1Cl)C(=O)OCC. The number of carbonyl (C=O) groups is 1. The highest BCUT2D eigenvalue weighted by atomic mass is 35.5. The molecule has 102 valence electrons. The number of esters is 1. The molecule has 7 heteroatoms. The molecule has 1 aromatic rings. The second-order valence-electron chi connectivity index (χ2n) is 3.48. The first kappa shape index (κ1) is 15.0. The van der Waals surface area contributed by atoms with Crippen molar-refractivity contribution in [3.63, 3.8) is 0 Å². The van der Waals surface area contributed by atoms with Crippen LogP contribution in [0.15, 0.2) is 30.4 Å². The Morgan fingerprint density at radius 3 is 2.74 bits per heavy atom. The number of non-ortho nitro benzene ring substituents is 1. The fourth-order valence-electron chi connectivity index (χ4n) is 1.18. The lowest BCUT2D eigenvalue weighted by Gasteiger charge is -2.09. The summed E-state index contributed by atoms with van der Waals surface area (Å²) in [5.41, 5.74) is -0.00200. The van der Waals surface area contributed by atoms with E-state index in [1.54, 1.807) is 6.92 Å². The summed E-state index contributed by atoms with van der Waals surface area (Å²) in [5, 5.41) is 10.6. The van der Waals surface area contributed by atoms with Gasteiger partial charge in [0.05, 0.1) is 22.1 Å². The van der Waals surface area contributed by atoms with E-state index in [0.29, 0.717) is 0 Å². The Hall–Kier alpha value is -2.08. The van der Waals surface area contributed by atoms with Gasteiger partial charge in [0.25, 0.3) is 5.69 Å². The summed E-state index contributed by atoms with van der Waals surface area (Å²) in [6, 6.07) is 3.79. The molecule has 0 fully saturated rings. The van der Waals surface area contributed by atoms with Crippen LogP contribution in [-0.2, 0) is 9.53 Å². The number of rotatable bonds is 6. The molecular weight excluding hydrogens is 274 g/mol. The fraction of sp³-hybridized carbons (Fsp3) is 0.250. The third-order valence-corrected chi connectivity index (χ3v) is 2.39.